The zero-order valence-corrected chi connectivity index (χ0v) is 12.5. The van der Waals surface area contributed by atoms with E-state index in [1.54, 1.807) is 0 Å². The molecule has 2 heterocycles. The molecule has 0 aromatic heterocycles. The zero-order valence-electron chi connectivity index (χ0n) is 12.5. The molecular weight excluding hydrogens is 252 g/mol. The maximum atomic E-state index is 12.1. The standard InChI is InChI=1S/C17H24O3/c1-17(2,3)20-13(18)8-11-7-12-14-9-4-5-10(6-9)15(14)16(11)19-12/h4-5,9-12,14-16H,6-8H2,1-3H3. The zero-order chi connectivity index (χ0) is 14.1. The maximum Gasteiger partial charge on any atom is 0.306 e. The van der Waals surface area contributed by atoms with Gasteiger partial charge in [-0.3, -0.25) is 4.79 Å². The first-order chi connectivity index (χ1) is 9.42. The Bertz CT molecular complexity index is 461. The smallest absolute Gasteiger partial charge is 0.306 e. The van der Waals surface area contributed by atoms with Gasteiger partial charge < -0.3 is 9.47 Å². The molecule has 3 nitrogen and oxygen atoms in total. The molecule has 2 saturated heterocycles. The van der Waals surface area contributed by atoms with E-state index in [0.717, 1.165) is 18.3 Å². The van der Waals surface area contributed by atoms with E-state index in [4.69, 9.17) is 9.47 Å². The minimum Gasteiger partial charge on any atom is -0.460 e. The summed E-state index contributed by atoms with van der Waals surface area (Å²) in [4.78, 5) is 12.1. The van der Waals surface area contributed by atoms with Crippen LogP contribution in [0, 0.1) is 29.6 Å². The van der Waals surface area contributed by atoms with Crippen LogP contribution in [-0.2, 0) is 14.3 Å². The van der Waals surface area contributed by atoms with Gasteiger partial charge in [0.15, 0.2) is 0 Å². The van der Waals surface area contributed by atoms with Crippen LogP contribution in [0.25, 0.3) is 0 Å². The molecular formula is C17H24O3. The van der Waals surface area contributed by atoms with Gasteiger partial charge in [0.25, 0.3) is 0 Å². The van der Waals surface area contributed by atoms with Crippen LogP contribution in [0.3, 0.4) is 0 Å². The minimum atomic E-state index is -0.382. The summed E-state index contributed by atoms with van der Waals surface area (Å²) in [5.74, 6) is 3.20. The number of hydrogen-bond donors (Lipinski definition) is 0. The summed E-state index contributed by atoms with van der Waals surface area (Å²) in [6, 6.07) is 0. The normalized spacial score (nSPS) is 47.9. The van der Waals surface area contributed by atoms with Gasteiger partial charge in [-0.1, -0.05) is 12.2 Å². The molecule has 3 heteroatoms. The summed E-state index contributed by atoms with van der Waals surface area (Å²) in [6.45, 7) is 5.79. The predicted molar refractivity (Wildman–Crippen MR) is 74.9 cm³/mol. The SMILES string of the molecule is CC(C)(C)OC(=O)CC1CC2OC1C1C3C=CC(C3)C21. The lowest BCUT2D eigenvalue weighted by Crippen LogP contribution is -2.37. The number of carbonyl (C=O) groups excluding carboxylic acids is 1. The molecule has 4 aliphatic rings. The van der Waals surface area contributed by atoms with Crippen molar-refractivity contribution < 1.29 is 14.3 Å². The van der Waals surface area contributed by atoms with E-state index in [1.165, 1.54) is 6.42 Å². The molecule has 4 rings (SSSR count). The van der Waals surface area contributed by atoms with Crippen LogP contribution in [0.1, 0.15) is 40.0 Å². The lowest BCUT2D eigenvalue weighted by atomic mass is 9.69. The van der Waals surface area contributed by atoms with E-state index in [1.807, 2.05) is 20.8 Å². The maximum absolute atomic E-state index is 12.1. The summed E-state index contributed by atoms with van der Waals surface area (Å²) in [5, 5.41) is 0. The molecule has 0 N–H and O–H groups in total. The van der Waals surface area contributed by atoms with E-state index in [0.29, 0.717) is 36.4 Å². The van der Waals surface area contributed by atoms with Crippen LogP contribution in [-0.4, -0.2) is 23.8 Å². The number of allylic oxidation sites excluding steroid dienone is 2. The van der Waals surface area contributed by atoms with Gasteiger partial charge in [0.05, 0.1) is 18.6 Å². The largest absolute Gasteiger partial charge is 0.460 e. The first kappa shape index (κ1) is 12.9. The molecule has 4 bridgehead atoms. The summed E-state index contributed by atoms with van der Waals surface area (Å²) in [5.41, 5.74) is -0.382. The summed E-state index contributed by atoms with van der Waals surface area (Å²) in [6.07, 6.45) is 8.41. The Balaban J connectivity index is 1.43. The van der Waals surface area contributed by atoms with E-state index >= 15 is 0 Å². The van der Waals surface area contributed by atoms with Crippen LogP contribution < -0.4 is 0 Å². The number of esters is 1. The Hall–Kier alpha value is -0.830. The van der Waals surface area contributed by atoms with Crippen molar-refractivity contribution in [2.45, 2.75) is 57.8 Å². The average Bonchev–Trinajstić information content (AvgIpc) is 3.03. The number of fused-ring (bicyclic) bond motifs is 9. The fraction of sp³-hybridized carbons (Fsp3) is 0.824. The van der Waals surface area contributed by atoms with Gasteiger partial charge in [-0.2, -0.15) is 0 Å². The highest BCUT2D eigenvalue weighted by atomic mass is 16.6. The fourth-order valence-electron chi connectivity index (χ4n) is 5.14. The highest BCUT2D eigenvalue weighted by Gasteiger charge is 2.62. The van der Waals surface area contributed by atoms with Crippen LogP contribution in [0.2, 0.25) is 0 Å². The molecule has 0 aromatic carbocycles. The Labute approximate surface area is 120 Å². The van der Waals surface area contributed by atoms with Gasteiger partial charge in [-0.15, -0.1) is 0 Å². The molecule has 0 aromatic rings. The van der Waals surface area contributed by atoms with Crippen LogP contribution in [0.15, 0.2) is 12.2 Å². The van der Waals surface area contributed by atoms with Gasteiger partial charge in [0.2, 0.25) is 0 Å². The number of rotatable bonds is 2. The molecule has 2 aliphatic heterocycles. The molecule has 7 atom stereocenters. The first-order valence-electron chi connectivity index (χ1n) is 7.98. The third-order valence-corrected chi connectivity index (χ3v) is 5.57. The second-order valence-corrected chi connectivity index (χ2v) is 8.03. The number of hydrogen-bond acceptors (Lipinski definition) is 3. The monoisotopic (exact) mass is 276 g/mol. The van der Waals surface area contributed by atoms with Crippen LogP contribution >= 0.6 is 0 Å². The fourth-order valence-corrected chi connectivity index (χ4v) is 5.14. The topological polar surface area (TPSA) is 35.5 Å². The average molecular weight is 276 g/mol. The number of carbonyl (C=O) groups is 1. The Morgan fingerprint density at radius 2 is 1.90 bits per heavy atom. The van der Waals surface area contributed by atoms with Gasteiger partial charge in [0, 0.05) is 0 Å². The second-order valence-electron chi connectivity index (χ2n) is 8.03. The van der Waals surface area contributed by atoms with Gasteiger partial charge in [-0.25, -0.2) is 0 Å². The molecule has 3 fully saturated rings. The van der Waals surface area contributed by atoms with Gasteiger partial charge >= 0.3 is 5.97 Å². The quantitative estimate of drug-likeness (QED) is 0.574. The highest BCUT2D eigenvalue weighted by molar-refractivity contribution is 5.70. The Kier molecular flexibility index (Phi) is 2.64. The van der Waals surface area contributed by atoms with Gasteiger partial charge in [0.1, 0.15) is 5.60 Å². The van der Waals surface area contributed by atoms with Crippen LogP contribution in [0.4, 0.5) is 0 Å². The summed E-state index contributed by atoms with van der Waals surface area (Å²) >= 11 is 0. The summed E-state index contributed by atoms with van der Waals surface area (Å²) in [7, 11) is 0. The van der Waals surface area contributed by atoms with Crippen molar-refractivity contribution in [3.05, 3.63) is 12.2 Å². The third-order valence-electron chi connectivity index (χ3n) is 5.57. The molecule has 0 radical (unpaired) electrons. The molecule has 1 saturated carbocycles. The van der Waals surface area contributed by atoms with Crippen molar-refractivity contribution in [3.8, 4) is 0 Å². The van der Waals surface area contributed by atoms with E-state index < -0.39 is 0 Å². The lowest BCUT2D eigenvalue weighted by Gasteiger charge is -2.33. The Morgan fingerprint density at radius 1 is 1.20 bits per heavy atom. The Morgan fingerprint density at radius 3 is 2.60 bits per heavy atom. The van der Waals surface area contributed by atoms with Crippen molar-refractivity contribution in [1.82, 2.24) is 0 Å². The minimum absolute atomic E-state index is 0.0612. The molecule has 7 unspecified atom stereocenters. The third kappa shape index (κ3) is 1.86. The molecule has 0 spiro atoms. The predicted octanol–water partition coefficient (Wildman–Crippen LogP) is 2.94. The van der Waals surface area contributed by atoms with Crippen molar-refractivity contribution in [2.24, 2.45) is 29.6 Å². The first-order valence-corrected chi connectivity index (χ1v) is 7.98. The lowest BCUT2D eigenvalue weighted by molar-refractivity contribution is -0.156. The second kappa shape index (κ2) is 4.09. The van der Waals surface area contributed by atoms with E-state index in [9.17, 15) is 4.79 Å². The summed E-state index contributed by atoms with van der Waals surface area (Å²) < 4.78 is 11.7. The van der Waals surface area contributed by atoms with Crippen molar-refractivity contribution >= 4 is 5.97 Å². The number of ether oxygens (including phenoxy) is 2. The highest BCUT2D eigenvalue weighted by Crippen LogP contribution is 2.61. The van der Waals surface area contributed by atoms with Gasteiger partial charge in [-0.05, 0) is 63.2 Å². The van der Waals surface area contributed by atoms with Crippen molar-refractivity contribution in [2.75, 3.05) is 0 Å². The van der Waals surface area contributed by atoms with Crippen molar-refractivity contribution in [3.63, 3.8) is 0 Å². The van der Waals surface area contributed by atoms with E-state index in [2.05, 4.69) is 12.2 Å². The van der Waals surface area contributed by atoms with Crippen LogP contribution in [0.5, 0.6) is 0 Å². The van der Waals surface area contributed by atoms with E-state index in [-0.39, 0.29) is 11.6 Å². The molecule has 110 valence electrons. The molecule has 20 heavy (non-hydrogen) atoms. The molecule has 2 aliphatic carbocycles. The van der Waals surface area contributed by atoms with Crippen molar-refractivity contribution in [1.29, 1.82) is 0 Å². The molecule has 0 amide bonds.